The highest BCUT2D eigenvalue weighted by atomic mass is 16.5. The van der Waals surface area contributed by atoms with Crippen molar-refractivity contribution in [3.05, 3.63) is 35.4 Å². The number of rotatable bonds is 5. The minimum Gasteiger partial charge on any atom is -0.380 e. The highest BCUT2D eigenvalue weighted by molar-refractivity contribution is 5.80. The SMILES string of the molecule is COCc1cccc(CNC(=O)C(C)N)c1. The molecule has 0 bridgehead atoms. The van der Waals surface area contributed by atoms with E-state index in [4.69, 9.17) is 10.5 Å². The van der Waals surface area contributed by atoms with Gasteiger partial charge in [0.2, 0.25) is 5.91 Å². The predicted molar refractivity (Wildman–Crippen MR) is 62.7 cm³/mol. The van der Waals surface area contributed by atoms with E-state index in [2.05, 4.69) is 5.32 Å². The molecule has 1 atom stereocenters. The third-order valence-electron chi connectivity index (χ3n) is 2.18. The van der Waals surface area contributed by atoms with Gasteiger partial charge >= 0.3 is 0 Å². The predicted octanol–water partition coefficient (Wildman–Crippen LogP) is 0.796. The van der Waals surface area contributed by atoms with E-state index in [1.807, 2.05) is 24.3 Å². The fourth-order valence-electron chi connectivity index (χ4n) is 1.35. The molecule has 0 aliphatic carbocycles. The maximum absolute atomic E-state index is 11.3. The Kier molecular flexibility index (Phi) is 4.95. The molecule has 88 valence electrons. The van der Waals surface area contributed by atoms with E-state index in [9.17, 15) is 4.79 Å². The fourth-order valence-corrected chi connectivity index (χ4v) is 1.35. The van der Waals surface area contributed by atoms with Crippen LogP contribution in [0.25, 0.3) is 0 Å². The smallest absolute Gasteiger partial charge is 0.236 e. The van der Waals surface area contributed by atoms with Crippen LogP contribution in [0.1, 0.15) is 18.1 Å². The number of amides is 1. The van der Waals surface area contributed by atoms with Gasteiger partial charge in [0.15, 0.2) is 0 Å². The molecule has 1 aromatic rings. The second-order valence-electron chi connectivity index (χ2n) is 3.76. The Morgan fingerprint density at radius 3 is 2.81 bits per heavy atom. The van der Waals surface area contributed by atoms with Crippen molar-refractivity contribution >= 4 is 5.91 Å². The highest BCUT2D eigenvalue weighted by Gasteiger charge is 2.06. The number of carbonyl (C=O) groups is 1. The lowest BCUT2D eigenvalue weighted by molar-refractivity contribution is -0.122. The first-order valence-electron chi connectivity index (χ1n) is 5.23. The molecular formula is C12H18N2O2. The van der Waals surface area contributed by atoms with Gasteiger partial charge in [0.05, 0.1) is 12.6 Å². The van der Waals surface area contributed by atoms with Crippen LogP contribution in [0.5, 0.6) is 0 Å². The van der Waals surface area contributed by atoms with Crippen LogP contribution >= 0.6 is 0 Å². The van der Waals surface area contributed by atoms with E-state index < -0.39 is 6.04 Å². The number of carbonyl (C=O) groups excluding carboxylic acids is 1. The second-order valence-corrected chi connectivity index (χ2v) is 3.76. The lowest BCUT2D eigenvalue weighted by Crippen LogP contribution is -2.37. The summed E-state index contributed by atoms with van der Waals surface area (Å²) in [7, 11) is 1.66. The monoisotopic (exact) mass is 222 g/mol. The van der Waals surface area contributed by atoms with Gasteiger partial charge in [0.1, 0.15) is 0 Å². The summed E-state index contributed by atoms with van der Waals surface area (Å²) in [5.41, 5.74) is 7.58. The van der Waals surface area contributed by atoms with Crippen molar-refractivity contribution in [3.63, 3.8) is 0 Å². The Morgan fingerprint density at radius 1 is 1.50 bits per heavy atom. The summed E-state index contributed by atoms with van der Waals surface area (Å²) < 4.78 is 5.04. The van der Waals surface area contributed by atoms with Gasteiger partial charge in [-0.2, -0.15) is 0 Å². The van der Waals surface area contributed by atoms with Crippen molar-refractivity contribution in [2.24, 2.45) is 5.73 Å². The van der Waals surface area contributed by atoms with E-state index in [1.165, 1.54) is 0 Å². The van der Waals surface area contributed by atoms with Gasteiger partial charge in [0.25, 0.3) is 0 Å². The molecular weight excluding hydrogens is 204 g/mol. The summed E-state index contributed by atoms with van der Waals surface area (Å²) >= 11 is 0. The van der Waals surface area contributed by atoms with Gasteiger partial charge < -0.3 is 15.8 Å². The van der Waals surface area contributed by atoms with Crippen LogP contribution in [0.4, 0.5) is 0 Å². The standard InChI is InChI=1S/C12H18N2O2/c1-9(13)12(15)14-7-10-4-3-5-11(6-10)8-16-2/h3-6,9H,7-8,13H2,1-2H3,(H,14,15). The largest absolute Gasteiger partial charge is 0.380 e. The van der Waals surface area contributed by atoms with Crippen LogP contribution in [-0.4, -0.2) is 19.1 Å². The van der Waals surface area contributed by atoms with Gasteiger partial charge in [-0.1, -0.05) is 24.3 Å². The molecule has 3 N–H and O–H groups in total. The van der Waals surface area contributed by atoms with Gasteiger partial charge in [0, 0.05) is 13.7 Å². The Labute approximate surface area is 95.8 Å². The normalized spacial score (nSPS) is 12.2. The zero-order chi connectivity index (χ0) is 12.0. The van der Waals surface area contributed by atoms with E-state index >= 15 is 0 Å². The molecule has 16 heavy (non-hydrogen) atoms. The first-order chi connectivity index (χ1) is 7.63. The molecule has 0 heterocycles. The van der Waals surface area contributed by atoms with Crippen molar-refractivity contribution in [3.8, 4) is 0 Å². The molecule has 0 radical (unpaired) electrons. The Hall–Kier alpha value is -1.39. The lowest BCUT2D eigenvalue weighted by Gasteiger charge is -2.08. The van der Waals surface area contributed by atoms with E-state index in [0.717, 1.165) is 11.1 Å². The zero-order valence-electron chi connectivity index (χ0n) is 9.69. The molecule has 1 rings (SSSR count). The number of nitrogens with one attached hydrogen (secondary N) is 1. The van der Waals surface area contributed by atoms with Gasteiger partial charge in [-0.15, -0.1) is 0 Å². The van der Waals surface area contributed by atoms with Crippen LogP contribution in [0, 0.1) is 0 Å². The summed E-state index contributed by atoms with van der Waals surface area (Å²) in [4.78, 5) is 11.3. The first-order valence-corrected chi connectivity index (χ1v) is 5.23. The molecule has 1 aromatic carbocycles. The van der Waals surface area contributed by atoms with E-state index in [-0.39, 0.29) is 5.91 Å². The minimum absolute atomic E-state index is 0.142. The molecule has 1 unspecified atom stereocenters. The Morgan fingerprint density at radius 2 is 2.19 bits per heavy atom. The van der Waals surface area contributed by atoms with Crippen LogP contribution in [0.3, 0.4) is 0 Å². The van der Waals surface area contributed by atoms with E-state index in [1.54, 1.807) is 14.0 Å². The number of hydrogen-bond donors (Lipinski definition) is 2. The van der Waals surface area contributed by atoms with Crippen LogP contribution in [-0.2, 0) is 22.7 Å². The molecule has 0 saturated heterocycles. The fraction of sp³-hybridized carbons (Fsp3) is 0.417. The average Bonchev–Trinajstić information content (AvgIpc) is 2.26. The first kappa shape index (κ1) is 12.7. The maximum atomic E-state index is 11.3. The molecule has 0 aromatic heterocycles. The molecule has 0 aliphatic rings. The number of hydrogen-bond acceptors (Lipinski definition) is 3. The minimum atomic E-state index is -0.470. The van der Waals surface area contributed by atoms with Crippen molar-refractivity contribution in [2.75, 3.05) is 7.11 Å². The Bertz CT molecular complexity index is 351. The van der Waals surface area contributed by atoms with Crippen molar-refractivity contribution < 1.29 is 9.53 Å². The van der Waals surface area contributed by atoms with Crippen molar-refractivity contribution in [2.45, 2.75) is 26.1 Å². The second kappa shape index (κ2) is 6.25. The summed E-state index contributed by atoms with van der Waals surface area (Å²) in [6, 6.07) is 7.43. The third kappa shape index (κ3) is 4.00. The van der Waals surface area contributed by atoms with Crippen molar-refractivity contribution in [1.29, 1.82) is 0 Å². The summed E-state index contributed by atoms with van der Waals surface area (Å²) in [6.07, 6.45) is 0. The molecule has 0 aliphatic heterocycles. The van der Waals surface area contributed by atoms with Gasteiger partial charge in [-0.3, -0.25) is 4.79 Å². The van der Waals surface area contributed by atoms with Crippen molar-refractivity contribution in [1.82, 2.24) is 5.32 Å². The van der Waals surface area contributed by atoms with E-state index in [0.29, 0.717) is 13.2 Å². The maximum Gasteiger partial charge on any atom is 0.236 e. The summed E-state index contributed by atoms with van der Waals surface area (Å²) in [6.45, 7) is 2.74. The number of nitrogens with two attached hydrogens (primary N) is 1. The van der Waals surface area contributed by atoms with Crippen LogP contribution < -0.4 is 11.1 Å². The topological polar surface area (TPSA) is 64.3 Å². The summed E-state index contributed by atoms with van der Waals surface area (Å²) in [5, 5.41) is 2.76. The molecule has 0 fully saturated rings. The quantitative estimate of drug-likeness (QED) is 0.774. The number of methoxy groups -OCH3 is 1. The molecule has 0 spiro atoms. The zero-order valence-corrected chi connectivity index (χ0v) is 9.69. The van der Waals surface area contributed by atoms with Gasteiger partial charge in [-0.05, 0) is 18.1 Å². The number of benzene rings is 1. The van der Waals surface area contributed by atoms with Crippen LogP contribution in [0.2, 0.25) is 0 Å². The molecule has 4 heteroatoms. The molecule has 1 amide bonds. The van der Waals surface area contributed by atoms with Crippen LogP contribution in [0.15, 0.2) is 24.3 Å². The van der Waals surface area contributed by atoms with Gasteiger partial charge in [-0.25, -0.2) is 0 Å². The Balaban J connectivity index is 2.53. The molecule has 4 nitrogen and oxygen atoms in total. The lowest BCUT2D eigenvalue weighted by atomic mass is 10.1. The molecule has 0 saturated carbocycles. The highest BCUT2D eigenvalue weighted by Crippen LogP contribution is 2.06. The third-order valence-corrected chi connectivity index (χ3v) is 2.18. The average molecular weight is 222 g/mol. The summed E-state index contributed by atoms with van der Waals surface area (Å²) in [5.74, 6) is -0.142. The number of ether oxygens (including phenoxy) is 1.